The van der Waals surface area contributed by atoms with Crippen LogP contribution in [0.15, 0.2) is 5.38 Å². The van der Waals surface area contributed by atoms with Gasteiger partial charge in [0.1, 0.15) is 0 Å². The average Bonchev–Trinajstić information content (AvgIpc) is 2.61. The minimum Gasteiger partial charge on any atom is -0.314 e. The summed E-state index contributed by atoms with van der Waals surface area (Å²) in [5.41, 5.74) is 1.40. The third kappa shape index (κ3) is 1.92. The fourth-order valence-electron chi connectivity index (χ4n) is 2.43. The lowest BCUT2D eigenvalue weighted by atomic mass is 10.00. The van der Waals surface area contributed by atoms with Crippen LogP contribution in [-0.2, 0) is 6.42 Å². The van der Waals surface area contributed by atoms with E-state index in [9.17, 15) is 0 Å². The summed E-state index contributed by atoms with van der Waals surface area (Å²) in [5.74, 6) is 0. The van der Waals surface area contributed by atoms with Gasteiger partial charge in [-0.2, -0.15) is 0 Å². The van der Waals surface area contributed by atoms with Gasteiger partial charge < -0.3 is 5.32 Å². The van der Waals surface area contributed by atoms with Crippen LogP contribution in [0.4, 0.5) is 0 Å². The van der Waals surface area contributed by atoms with Gasteiger partial charge in [0.15, 0.2) is 0 Å². The Hall–Kier alpha value is 0.200. The maximum absolute atomic E-state index is 6.16. The molecule has 1 fully saturated rings. The lowest BCUT2D eigenvalue weighted by Gasteiger charge is -2.39. The second-order valence-corrected chi connectivity index (χ2v) is 5.25. The topological polar surface area (TPSA) is 15.3 Å². The number of halogens is 2. The molecule has 1 aromatic rings. The van der Waals surface area contributed by atoms with Crippen molar-refractivity contribution in [1.82, 2.24) is 10.2 Å². The van der Waals surface area contributed by atoms with E-state index >= 15 is 0 Å². The Labute approximate surface area is 105 Å². The summed E-state index contributed by atoms with van der Waals surface area (Å²) in [6.07, 6.45) is 1.13. The molecule has 2 aliphatic heterocycles. The summed E-state index contributed by atoms with van der Waals surface area (Å²) in [5, 5.41) is 6.53. The Morgan fingerprint density at radius 2 is 2.33 bits per heavy atom. The molecular formula is C10H14Cl2N2S. The maximum atomic E-state index is 6.16. The number of nitrogens with zero attached hydrogens (tertiary/aromatic N) is 1. The molecule has 1 N–H and O–H groups in total. The van der Waals surface area contributed by atoms with Gasteiger partial charge in [0, 0.05) is 36.4 Å². The molecule has 3 rings (SSSR count). The third-order valence-corrected chi connectivity index (χ3v) is 4.77. The Morgan fingerprint density at radius 3 is 3.20 bits per heavy atom. The second kappa shape index (κ2) is 4.60. The van der Waals surface area contributed by atoms with Gasteiger partial charge in [0.2, 0.25) is 0 Å². The van der Waals surface area contributed by atoms with E-state index < -0.39 is 0 Å². The molecule has 2 aliphatic rings. The largest absolute Gasteiger partial charge is 0.314 e. The van der Waals surface area contributed by atoms with Crippen molar-refractivity contribution in [3.8, 4) is 0 Å². The van der Waals surface area contributed by atoms with Crippen molar-refractivity contribution >= 4 is 35.3 Å². The quantitative estimate of drug-likeness (QED) is 0.774. The maximum Gasteiger partial charge on any atom is 0.0570 e. The molecule has 0 amide bonds. The standard InChI is InChI=1S/C10H13ClN2S.ClH/c11-8-6-14-10-7(8)1-3-13-4-2-12-5-9(10)13;/h6,9,12H,1-5H2;1H. The minimum atomic E-state index is 0. The number of thiophene rings is 1. The SMILES string of the molecule is Cl.Clc1csc2c1CCN1CCNCC21. The molecule has 1 unspecified atom stereocenters. The normalized spacial score (nSPS) is 25.3. The fourth-order valence-corrected chi connectivity index (χ4v) is 3.93. The Balaban J connectivity index is 0.000000853. The number of hydrogen-bond acceptors (Lipinski definition) is 3. The highest BCUT2D eigenvalue weighted by atomic mass is 35.5. The molecule has 1 saturated heterocycles. The van der Waals surface area contributed by atoms with Crippen molar-refractivity contribution in [3.63, 3.8) is 0 Å². The van der Waals surface area contributed by atoms with Crippen LogP contribution in [0.25, 0.3) is 0 Å². The molecule has 2 nitrogen and oxygen atoms in total. The van der Waals surface area contributed by atoms with Crippen LogP contribution in [0.3, 0.4) is 0 Å². The van der Waals surface area contributed by atoms with Crippen LogP contribution >= 0.6 is 35.3 Å². The first-order valence-corrected chi connectivity index (χ1v) is 6.32. The van der Waals surface area contributed by atoms with E-state index in [4.69, 9.17) is 11.6 Å². The molecule has 0 aliphatic carbocycles. The van der Waals surface area contributed by atoms with Crippen molar-refractivity contribution in [2.75, 3.05) is 26.2 Å². The van der Waals surface area contributed by atoms with Crippen molar-refractivity contribution in [1.29, 1.82) is 0 Å². The van der Waals surface area contributed by atoms with E-state index in [2.05, 4.69) is 15.6 Å². The zero-order valence-electron chi connectivity index (χ0n) is 8.33. The summed E-state index contributed by atoms with van der Waals surface area (Å²) < 4.78 is 0. The van der Waals surface area contributed by atoms with Crippen LogP contribution in [0.2, 0.25) is 5.02 Å². The molecule has 1 atom stereocenters. The van der Waals surface area contributed by atoms with Gasteiger partial charge in [-0.25, -0.2) is 0 Å². The summed E-state index contributed by atoms with van der Waals surface area (Å²) in [6, 6.07) is 0.588. The van der Waals surface area contributed by atoms with Gasteiger partial charge in [-0.05, 0) is 12.0 Å². The molecule has 0 spiro atoms. The first-order chi connectivity index (χ1) is 6.86. The van der Waals surface area contributed by atoms with Crippen molar-refractivity contribution < 1.29 is 0 Å². The minimum absolute atomic E-state index is 0. The monoisotopic (exact) mass is 264 g/mol. The zero-order chi connectivity index (χ0) is 9.54. The highest BCUT2D eigenvalue weighted by Gasteiger charge is 2.31. The summed E-state index contributed by atoms with van der Waals surface area (Å²) in [4.78, 5) is 4.07. The number of nitrogens with one attached hydrogen (secondary N) is 1. The average molecular weight is 265 g/mol. The number of hydrogen-bond donors (Lipinski definition) is 1. The van der Waals surface area contributed by atoms with E-state index in [1.165, 1.54) is 23.5 Å². The smallest absolute Gasteiger partial charge is 0.0570 e. The van der Waals surface area contributed by atoms with Crippen molar-refractivity contribution in [2.24, 2.45) is 0 Å². The predicted molar refractivity (Wildman–Crippen MR) is 67.5 cm³/mol. The predicted octanol–water partition coefficient (Wildman–Crippen LogP) is 2.33. The number of fused-ring (bicyclic) bond motifs is 3. The van der Waals surface area contributed by atoms with Gasteiger partial charge in [-0.1, -0.05) is 11.6 Å². The Kier molecular flexibility index (Phi) is 3.58. The highest BCUT2D eigenvalue weighted by molar-refractivity contribution is 7.10. The molecule has 84 valence electrons. The molecule has 0 bridgehead atoms. The molecule has 5 heteroatoms. The van der Waals surface area contributed by atoms with Crippen LogP contribution < -0.4 is 5.32 Å². The summed E-state index contributed by atoms with van der Waals surface area (Å²) >= 11 is 7.98. The van der Waals surface area contributed by atoms with E-state index in [-0.39, 0.29) is 12.4 Å². The number of piperazine rings is 1. The lowest BCUT2D eigenvalue weighted by Crippen LogP contribution is -2.48. The van der Waals surface area contributed by atoms with Gasteiger partial charge >= 0.3 is 0 Å². The zero-order valence-corrected chi connectivity index (χ0v) is 10.7. The van der Waals surface area contributed by atoms with Crippen LogP contribution in [0.5, 0.6) is 0 Å². The van der Waals surface area contributed by atoms with E-state index in [0.29, 0.717) is 6.04 Å². The highest BCUT2D eigenvalue weighted by Crippen LogP contribution is 2.38. The summed E-state index contributed by atoms with van der Waals surface area (Å²) in [6.45, 7) is 4.57. The third-order valence-electron chi connectivity index (χ3n) is 3.18. The Morgan fingerprint density at radius 1 is 1.47 bits per heavy atom. The van der Waals surface area contributed by atoms with Crippen LogP contribution in [0.1, 0.15) is 16.5 Å². The van der Waals surface area contributed by atoms with Gasteiger partial charge in [0.05, 0.1) is 11.1 Å². The molecule has 0 radical (unpaired) electrons. The van der Waals surface area contributed by atoms with Gasteiger partial charge in [-0.3, -0.25) is 4.90 Å². The second-order valence-electron chi connectivity index (χ2n) is 3.93. The molecule has 0 aromatic carbocycles. The van der Waals surface area contributed by atoms with E-state index in [1.54, 1.807) is 0 Å². The van der Waals surface area contributed by atoms with Crippen molar-refractivity contribution in [3.05, 3.63) is 20.8 Å². The first kappa shape index (κ1) is 11.7. The molecule has 0 saturated carbocycles. The first-order valence-electron chi connectivity index (χ1n) is 5.07. The summed E-state index contributed by atoms with van der Waals surface area (Å²) in [7, 11) is 0. The lowest BCUT2D eigenvalue weighted by molar-refractivity contribution is 0.155. The van der Waals surface area contributed by atoms with Gasteiger partial charge in [-0.15, -0.1) is 23.7 Å². The number of rotatable bonds is 0. The van der Waals surface area contributed by atoms with Gasteiger partial charge in [0.25, 0.3) is 0 Å². The molecular weight excluding hydrogens is 251 g/mol. The Bertz CT molecular complexity index is 353. The molecule has 1 aromatic heterocycles. The van der Waals surface area contributed by atoms with Crippen LogP contribution in [-0.4, -0.2) is 31.1 Å². The van der Waals surface area contributed by atoms with E-state index in [1.807, 2.05) is 11.3 Å². The fraction of sp³-hybridized carbons (Fsp3) is 0.600. The van der Waals surface area contributed by atoms with Crippen LogP contribution in [0, 0.1) is 0 Å². The van der Waals surface area contributed by atoms with Crippen molar-refractivity contribution in [2.45, 2.75) is 12.5 Å². The van der Waals surface area contributed by atoms with E-state index in [0.717, 1.165) is 24.5 Å². The molecule has 15 heavy (non-hydrogen) atoms. The molecule has 3 heterocycles.